The van der Waals surface area contributed by atoms with E-state index in [0.717, 1.165) is 54.9 Å². The number of rotatable bonds is 5. The molecular formula is C20H35K. The van der Waals surface area contributed by atoms with E-state index >= 15 is 0 Å². The molecule has 116 valence electrons. The zero-order valence-electron chi connectivity index (χ0n) is 16.4. The van der Waals surface area contributed by atoms with Gasteiger partial charge in [-0.05, 0) is 0 Å². The van der Waals surface area contributed by atoms with Gasteiger partial charge >= 0.3 is 170 Å². The first-order chi connectivity index (χ1) is 9.47. The van der Waals surface area contributed by atoms with Crippen molar-refractivity contribution in [2.24, 2.45) is 29.6 Å². The molecule has 0 N–H and O–H groups in total. The predicted octanol–water partition coefficient (Wildman–Crippen LogP) is 6.20. The van der Waals surface area contributed by atoms with Crippen LogP contribution in [0, 0.1) is 29.6 Å². The van der Waals surface area contributed by atoms with E-state index in [2.05, 4.69) is 69.2 Å². The molecule has 0 bridgehead atoms. The van der Waals surface area contributed by atoms with Gasteiger partial charge in [0.1, 0.15) is 0 Å². The van der Waals surface area contributed by atoms with E-state index in [1.807, 2.05) is 0 Å². The van der Waals surface area contributed by atoms with Crippen LogP contribution < -0.4 is 0 Å². The van der Waals surface area contributed by atoms with Crippen LogP contribution in [0.15, 0.2) is 22.3 Å². The van der Waals surface area contributed by atoms with Gasteiger partial charge in [0.2, 0.25) is 0 Å². The number of allylic oxidation sites excluding steroid dienone is 4. The predicted molar refractivity (Wildman–Crippen MR) is 96.7 cm³/mol. The molecule has 21 heavy (non-hydrogen) atoms. The summed E-state index contributed by atoms with van der Waals surface area (Å²) in [6.07, 6.45) is 0. The van der Waals surface area contributed by atoms with Crippen molar-refractivity contribution >= 4 is 49.0 Å². The topological polar surface area (TPSA) is 0 Å². The monoisotopic (exact) mass is 314 g/mol. The van der Waals surface area contributed by atoms with Crippen molar-refractivity contribution in [1.82, 2.24) is 0 Å². The second-order valence-electron chi connectivity index (χ2n) is 8.63. The molecule has 1 aliphatic carbocycles. The first-order valence-corrected chi connectivity index (χ1v) is 10.5. The van der Waals surface area contributed by atoms with Crippen LogP contribution >= 0.6 is 0 Å². The standard InChI is InChI=1S/C20H35.K/c1-11(2)16-17(12(3)4)19(14(7)8)20(15(9)10)18(16)13(5)6;/h11-15H,1-10H3;. The minimum absolute atomic E-state index is 0.425. The third kappa shape index (κ3) is 3.48. The van der Waals surface area contributed by atoms with Crippen LogP contribution in [0.2, 0.25) is -0.490 Å². The van der Waals surface area contributed by atoms with Gasteiger partial charge in [-0.2, -0.15) is 0 Å². The molecule has 0 spiro atoms. The Hall–Kier alpha value is 1.12. The van der Waals surface area contributed by atoms with Gasteiger partial charge in [0, 0.05) is 0 Å². The fraction of sp³-hybridized carbons (Fsp3) is 0.800. The van der Waals surface area contributed by atoms with Crippen molar-refractivity contribution in [2.45, 2.75) is 68.7 Å². The first kappa shape index (κ1) is 20.2. The van der Waals surface area contributed by atoms with Gasteiger partial charge in [0.25, 0.3) is 0 Å². The van der Waals surface area contributed by atoms with E-state index in [-0.39, 0.29) is 0 Å². The van der Waals surface area contributed by atoms with E-state index in [1.54, 1.807) is 22.3 Å². The molecule has 0 amide bonds. The van der Waals surface area contributed by atoms with Crippen LogP contribution in [-0.2, 0) is 0 Å². The third-order valence-corrected chi connectivity index (χ3v) is 8.94. The van der Waals surface area contributed by atoms with Crippen LogP contribution in [0.5, 0.6) is 0 Å². The van der Waals surface area contributed by atoms with Crippen LogP contribution in [0.25, 0.3) is 0 Å². The van der Waals surface area contributed by atoms with Crippen LogP contribution in [-0.4, -0.2) is 49.0 Å². The maximum absolute atomic E-state index is 2.46. The Kier molecular flexibility index (Phi) is 7.05. The summed E-state index contributed by atoms with van der Waals surface area (Å²) in [5.41, 5.74) is 7.07. The molecule has 0 aromatic carbocycles. The van der Waals surface area contributed by atoms with Crippen LogP contribution in [0.1, 0.15) is 69.2 Å². The summed E-state index contributed by atoms with van der Waals surface area (Å²) in [5, 5.41) is 0. The molecular weight excluding hydrogens is 279 g/mol. The summed E-state index contributed by atoms with van der Waals surface area (Å²) in [7, 11) is 0. The molecule has 0 saturated heterocycles. The quantitative estimate of drug-likeness (QED) is 0.530. The molecule has 1 aliphatic rings. The molecule has 0 aromatic rings. The Bertz CT molecular complexity index is 408. The maximum atomic E-state index is 2.46. The van der Waals surface area contributed by atoms with Gasteiger partial charge in [0.15, 0.2) is 0 Å². The third-order valence-electron chi connectivity index (χ3n) is 5.45. The molecule has 0 saturated carbocycles. The van der Waals surface area contributed by atoms with Crippen molar-refractivity contribution in [3.63, 3.8) is 0 Å². The van der Waals surface area contributed by atoms with E-state index in [9.17, 15) is 0 Å². The van der Waals surface area contributed by atoms with E-state index < -0.39 is 0 Å². The molecule has 0 aromatic heterocycles. The summed E-state index contributed by atoms with van der Waals surface area (Å²) in [4.78, 5) is 0. The fourth-order valence-corrected chi connectivity index (χ4v) is 7.33. The average molecular weight is 315 g/mol. The van der Waals surface area contributed by atoms with Gasteiger partial charge in [-0.1, -0.05) is 0 Å². The summed E-state index contributed by atoms with van der Waals surface area (Å²) in [6, 6.07) is 0. The average Bonchev–Trinajstić information content (AvgIpc) is 2.60. The Labute approximate surface area is 167 Å². The second kappa shape index (κ2) is 7.34. The van der Waals surface area contributed by atoms with Gasteiger partial charge in [-0.25, -0.2) is 0 Å². The van der Waals surface area contributed by atoms with Crippen LogP contribution in [0.3, 0.4) is 0 Å². The number of hydrogen-bond donors (Lipinski definition) is 0. The van der Waals surface area contributed by atoms with E-state index in [1.165, 1.54) is 0 Å². The molecule has 1 rings (SSSR count). The molecule has 0 radical (unpaired) electrons. The molecule has 0 fully saturated rings. The molecule has 1 heteroatoms. The van der Waals surface area contributed by atoms with Gasteiger partial charge in [-0.3, -0.25) is 0 Å². The fourth-order valence-electron chi connectivity index (χ4n) is 4.68. The SMILES string of the molecule is CC(C)C1=C(C(C)C)[C]([K])(C(C)C)C(C(C)C)=C1C(C)C. The van der Waals surface area contributed by atoms with Crippen molar-refractivity contribution in [3.8, 4) is 0 Å². The normalized spacial score (nSPS) is 19.5. The van der Waals surface area contributed by atoms with Crippen molar-refractivity contribution in [3.05, 3.63) is 22.3 Å². The Morgan fingerprint density at radius 3 is 1.00 bits per heavy atom. The minimum atomic E-state index is 0.425. The Morgan fingerprint density at radius 1 is 0.571 bits per heavy atom. The van der Waals surface area contributed by atoms with E-state index in [4.69, 9.17) is 0 Å². The van der Waals surface area contributed by atoms with Gasteiger partial charge in [0.05, 0.1) is 0 Å². The summed E-state index contributed by atoms with van der Waals surface area (Å²) >= 11 is 0.782. The van der Waals surface area contributed by atoms with Crippen molar-refractivity contribution < 1.29 is 0 Å². The molecule has 0 atom stereocenters. The second-order valence-corrected chi connectivity index (χ2v) is 11.1. The van der Waals surface area contributed by atoms with Crippen molar-refractivity contribution in [2.75, 3.05) is 0 Å². The molecule has 0 unspecified atom stereocenters. The molecule has 0 nitrogen and oxygen atoms in total. The van der Waals surface area contributed by atoms with Gasteiger partial charge in [-0.15, -0.1) is 0 Å². The van der Waals surface area contributed by atoms with Gasteiger partial charge < -0.3 is 0 Å². The summed E-state index contributed by atoms with van der Waals surface area (Å²) < 4.78 is 0.425. The van der Waals surface area contributed by atoms with Crippen molar-refractivity contribution in [1.29, 1.82) is 0 Å². The summed E-state index contributed by atoms with van der Waals surface area (Å²) in [6.45, 7) is 24.2. The summed E-state index contributed by atoms with van der Waals surface area (Å²) in [5.74, 6) is 3.38. The Balaban J connectivity index is 3.81. The molecule has 0 heterocycles. The van der Waals surface area contributed by atoms with Crippen LogP contribution in [0.4, 0.5) is 0 Å². The zero-order chi connectivity index (χ0) is 16.7. The Morgan fingerprint density at radius 2 is 0.857 bits per heavy atom. The molecule has 0 aliphatic heterocycles. The first-order valence-electron chi connectivity index (χ1n) is 8.97. The van der Waals surface area contributed by atoms with E-state index in [0.29, 0.717) is 23.2 Å². The zero-order valence-corrected chi connectivity index (χ0v) is 19.5. The number of hydrogen-bond acceptors (Lipinski definition) is 0.